The lowest BCUT2D eigenvalue weighted by Gasteiger charge is -2.26. The van der Waals surface area contributed by atoms with Crippen molar-refractivity contribution in [1.29, 1.82) is 0 Å². The first-order chi connectivity index (χ1) is 16.6. The van der Waals surface area contributed by atoms with Crippen LogP contribution >= 0.6 is 11.6 Å². The Balaban J connectivity index is 1.78. The maximum absolute atomic E-state index is 13.1. The van der Waals surface area contributed by atoms with Gasteiger partial charge >= 0.3 is 11.9 Å². The van der Waals surface area contributed by atoms with Gasteiger partial charge in [0.1, 0.15) is 11.8 Å². The minimum Gasteiger partial charge on any atom is -0.508 e. The van der Waals surface area contributed by atoms with Crippen LogP contribution in [0.4, 0.5) is 0 Å². The van der Waals surface area contributed by atoms with Gasteiger partial charge in [-0.3, -0.25) is 24.0 Å². The number of ether oxygens (including phenoxy) is 1. The van der Waals surface area contributed by atoms with Crippen molar-refractivity contribution in [3.63, 3.8) is 0 Å². The van der Waals surface area contributed by atoms with Crippen LogP contribution in [0.3, 0.4) is 0 Å². The number of carboxylic acid groups (broad SMARTS) is 1. The summed E-state index contributed by atoms with van der Waals surface area (Å²) >= 11 is 6.24. The number of amides is 3. The molecule has 2 aromatic carbocycles. The summed E-state index contributed by atoms with van der Waals surface area (Å²) in [6.07, 6.45) is -1.22. The van der Waals surface area contributed by atoms with Gasteiger partial charge in [-0.15, -0.1) is 0 Å². The van der Waals surface area contributed by atoms with E-state index in [9.17, 15) is 34.2 Å². The van der Waals surface area contributed by atoms with Crippen LogP contribution in [0.1, 0.15) is 46.0 Å². The highest BCUT2D eigenvalue weighted by Crippen LogP contribution is 2.22. The van der Waals surface area contributed by atoms with Crippen LogP contribution in [-0.2, 0) is 25.7 Å². The van der Waals surface area contributed by atoms with Crippen LogP contribution in [0, 0.1) is 0 Å². The summed E-state index contributed by atoms with van der Waals surface area (Å²) in [7, 11) is 0. The first kappa shape index (κ1) is 25.7. The van der Waals surface area contributed by atoms with Crippen LogP contribution in [0.2, 0.25) is 5.02 Å². The smallest absolute Gasteiger partial charge is 0.322 e. The molecule has 0 bridgehead atoms. The lowest BCUT2D eigenvalue weighted by atomic mass is 10.1. The van der Waals surface area contributed by atoms with Gasteiger partial charge in [-0.2, -0.15) is 0 Å². The van der Waals surface area contributed by atoms with Gasteiger partial charge in [0.05, 0.1) is 10.6 Å². The van der Waals surface area contributed by atoms with Crippen molar-refractivity contribution in [2.45, 2.75) is 38.5 Å². The summed E-state index contributed by atoms with van der Waals surface area (Å²) in [5.74, 6) is -4.32. The molecule has 1 heterocycles. The Morgan fingerprint density at radius 1 is 1.20 bits per heavy atom. The average Bonchev–Trinajstić information content (AvgIpc) is 3.26. The molecule has 35 heavy (non-hydrogen) atoms. The van der Waals surface area contributed by atoms with E-state index in [1.807, 2.05) is 0 Å². The van der Waals surface area contributed by atoms with Crippen molar-refractivity contribution in [2.75, 3.05) is 0 Å². The molecule has 184 valence electrons. The number of hydrazine groups is 1. The van der Waals surface area contributed by atoms with Crippen molar-refractivity contribution in [1.82, 2.24) is 15.8 Å². The van der Waals surface area contributed by atoms with E-state index < -0.39 is 41.8 Å². The Labute approximate surface area is 204 Å². The minimum absolute atomic E-state index is 0.0138. The second kappa shape index (κ2) is 11.0. The van der Waals surface area contributed by atoms with Crippen LogP contribution in [0.5, 0.6) is 5.75 Å². The summed E-state index contributed by atoms with van der Waals surface area (Å²) in [5, 5.41) is 21.7. The molecule has 11 nitrogen and oxygen atoms in total. The zero-order valence-electron chi connectivity index (χ0n) is 18.5. The van der Waals surface area contributed by atoms with Crippen LogP contribution < -0.4 is 10.7 Å². The molecule has 0 aromatic heterocycles. The standard InChI is InChI=1S/C23H22ClN3O8/c1-12(23(33)34)26-27(22(32)18-7-8-19(29)35-18)21(31)16-6-5-14(10-17(16)24)20(30)25-11-13-3-2-4-15(28)9-13/h2-6,9-10,12,18,26,28H,7-8,11H2,1H3,(H,25,30)(H,33,34)/t12-,18-/m0/s1. The highest BCUT2D eigenvalue weighted by molar-refractivity contribution is 6.34. The van der Waals surface area contributed by atoms with Gasteiger partial charge in [-0.1, -0.05) is 23.7 Å². The van der Waals surface area contributed by atoms with E-state index in [-0.39, 0.29) is 41.3 Å². The minimum atomic E-state index is -1.33. The summed E-state index contributed by atoms with van der Waals surface area (Å²) in [4.78, 5) is 61.1. The largest absolute Gasteiger partial charge is 0.508 e. The first-order valence-corrected chi connectivity index (χ1v) is 10.9. The third-order valence-corrected chi connectivity index (χ3v) is 5.41. The van der Waals surface area contributed by atoms with Crippen molar-refractivity contribution in [3.05, 3.63) is 64.2 Å². The Morgan fingerprint density at radius 3 is 2.54 bits per heavy atom. The maximum Gasteiger partial charge on any atom is 0.322 e. The third-order valence-electron chi connectivity index (χ3n) is 5.10. The molecule has 0 spiro atoms. The number of carboxylic acids is 1. The Bertz CT molecular complexity index is 1190. The molecule has 1 aliphatic heterocycles. The molecule has 0 saturated carbocycles. The quantitative estimate of drug-likeness (QED) is 0.238. The predicted octanol–water partition coefficient (Wildman–Crippen LogP) is 1.63. The summed E-state index contributed by atoms with van der Waals surface area (Å²) in [6, 6.07) is 8.77. The SMILES string of the molecule is C[C@H](NN(C(=O)c1ccc(C(=O)NCc2cccc(O)c2)cc1Cl)C(=O)[C@@H]1CCC(=O)O1)C(=O)O. The highest BCUT2D eigenvalue weighted by Gasteiger charge is 2.38. The fraction of sp³-hybridized carbons (Fsp3) is 0.261. The number of aromatic hydroxyl groups is 1. The van der Waals surface area contributed by atoms with Gasteiger partial charge in [0.2, 0.25) is 0 Å². The van der Waals surface area contributed by atoms with E-state index in [0.29, 0.717) is 10.6 Å². The molecule has 1 fully saturated rings. The van der Waals surface area contributed by atoms with Gasteiger partial charge in [-0.05, 0) is 42.8 Å². The average molecular weight is 504 g/mol. The number of phenolic OH excluding ortho intramolecular Hbond substituents is 1. The molecule has 0 unspecified atom stereocenters. The van der Waals surface area contributed by atoms with Crippen molar-refractivity contribution in [2.24, 2.45) is 0 Å². The van der Waals surface area contributed by atoms with E-state index in [1.54, 1.807) is 12.1 Å². The number of carbonyl (C=O) groups is 5. The van der Waals surface area contributed by atoms with Crippen molar-refractivity contribution in [3.8, 4) is 5.75 Å². The van der Waals surface area contributed by atoms with E-state index in [1.165, 1.54) is 37.3 Å². The van der Waals surface area contributed by atoms with Crippen LogP contribution in [-0.4, -0.2) is 57.0 Å². The first-order valence-electron chi connectivity index (χ1n) is 10.5. The van der Waals surface area contributed by atoms with Gasteiger partial charge in [0.25, 0.3) is 17.7 Å². The van der Waals surface area contributed by atoms with Crippen LogP contribution in [0.15, 0.2) is 42.5 Å². The second-order valence-electron chi connectivity index (χ2n) is 7.73. The molecule has 1 aliphatic rings. The van der Waals surface area contributed by atoms with Crippen molar-refractivity contribution < 1.29 is 38.9 Å². The number of phenols is 1. The number of halogens is 1. The number of rotatable bonds is 8. The van der Waals surface area contributed by atoms with E-state index in [4.69, 9.17) is 16.3 Å². The Hall–Kier alpha value is -3.96. The van der Waals surface area contributed by atoms with Crippen LogP contribution in [0.25, 0.3) is 0 Å². The molecular weight excluding hydrogens is 482 g/mol. The fourth-order valence-corrected chi connectivity index (χ4v) is 3.48. The number of carbonyl (C=O) groups excluding carboxylic acids is 4. The number of imide groups is 1. The molecule has 0 radical (unpaired) electrons. The van der Waals surface area contributed by atoms with E-state index in [0.717, 1.165) is 0 Å². The van der Waals surface area contributed by atoms with Gasteiger partial charge in [-0.25, -0.2) is 10.4 Å². The predicted molar refractivity (Wildman–Crippen MR) is 121 cm³/mol. The maximum atomic E-state index is 13.1. The highest BCUT2D eigenvalue weighted by atomic mass is 35.5. The Kier molecular flexibility index (Phi) is 8.05. The number of hydrogen-bond donors (Lipinski definition) is 4. The van der Waals surface area contributed by atoms with E-state index in [2.05, 4.69) is 10.7 Å². The molecule has 2 atom stereocenters. The zero-order chi connectivity index (χ0) is 25.7. The van der Waals surface area contributed by atoms with Gasteiger partial charge in [0, 0.05) is 24.9 Å². The number of benzene rings is 2. The van der Waals surface area contributed by atoms with Gasteiger partial charge in [0.15, 0.2) is 6.10 Å². The molecule has 3 amide bonds. The number of cyclic esters (lactones) is 1. The number of nitrogens with zero attached hydrogens (tertiary/aromatic N) is 1. The summed E-state index contributed by atoms with van der Waals surface area (Å²) in [5.41, 5.74) is 2.91. The molecule has 0 aliphatic carbocycles. The zero-order valence-corrected chi connectivity index (χ0v) is 19.2. The molecule has 4 N–H and O–H groups in total. The fourth-order valence-electron chi connectivity index (χ4n) is 3.22. The molecule has 2 aromatic rings. The third kappa shape index (κ3) is 6.34. The molecule has 12 heteroatoms. The Morgan fingerprint density at radius 2 is 1.94 bits per heavy atom. The van der Waals surface area contributed by atoms with E-state index >= 15 is 0 Å². The topological polar surface area (TPSA) is 162 Å². The molecular formula is C23H22ClN3O8. The number of esters is 1. The molecule has 1 saturated heterocycles. The number of aliphatic carboxylic acids is 1. The lowest BCUT2D eigenvalue weighted by Crippen LogP contribution is -2.55. The number of hydrogen-bond acceptors (Lipinski definition) is 8. The number of nitrogens with one attached hydrogen (secondary N) is 2. The summed E-state index contributed by atoms with van der Waals surface area (Å²) in [6.45, 7) is 1.35. The normalized spacial score (nSPS) is 15.7. The van der Waals surface area contributed by atoms with Crippen molar-refractivity contribution >= 4 is 41.3 Å². The molecule has 3 rings (SSSR count). The van der Waals surface area contributed by atoms with Gasteiger partial charge < -0.3 is 20.3 Å². The monoisotopic (exact) mass is 503 g/mol. The lowest BCUT2D eigenvalue weighted by molar-refractivity contribution is -0.154. The second-order valence-corrected chi connectivity index (χ2v) is 8.14. The summed E-state index contributed by atoms with van der Waals surface area (Å²) < 4.78 is 4.91.